The number of aliphatic hydroxyl groups excluding tert-OH is 1. The number of aromatic nitrogens is 2. The van der Waals surface area contributed by atoms with Crippen LogP contribution in [0.1, 0.15) is 35.8 Å². The van der Waals surface area contributed by atoms with Gasteiger partial charge in [-0.1, -0.05) is 12.0 Å². The highest BCUT2D eigenvalue weighted by Crippen LogP contribution is 2.52. The number of carbonyl (C=O) groups is 1. The maximum absolute atomic E-state index is 13.7. The minimum absolute atomic E-state index is 0.00803. The summed E-state index contributed by atoms with van der Waals surface area (Å²) in [6.45, 7) is 3.25. The van der Waals surface area contributed by atoms with Crippen LogP contribution in [0.25, 0.3) is 5.52 Å². The molecular formula is C31H35F3N6O5S2. The monoisotopic (exact) mass is 692 g/mol. The quantitative estimate of drug-likeness (QED) is 0.185. The van der Waals surface area contributed by atoms with Crippen molar-refractivity contribution in [1.82, 2.24) is 19.8 Å². The Kier molecular flexibility index (Phi) is 9.02. The normalized spacial score (nSPS) is 22.7. The van der Waals surface area contributed by atoms with Gasteiger partial charge >= 0.3 is 5.51 Å². The van der Waals surface area contributed by atoms with Crippen molar-refractivity contribution in [3.05, 3.63) is 47.7 Å². The second-order valence-electron chi connectivity index (χ2n) is 12.2. The lowest BCUT2D eigenvalue weighted by molar-refractivity contribution is -0.0327. The molecule has 4 heterocycles. The fourth-order valence-corrected chi connectivity index (χ4v) is 8.40. The SMILES string of the molecule is COc1cc(C(=O)NC[C@@H](C)O)ccc1NCC#Cc1nn2c(N[C@@]34CCN(C5CS(=O)(=O)C5)C[C@@H]3C4)cccc2c1SC(F)(F)F. The number of hydrogen-bond donors (Lipinski definition) is 4. The maximum Gasteiger partial charge on any atom is 0.446 e. The number of hydrogen-bond acceptors (Lipinski definition) is 10. The van der Waals surface area contributed by atoms with Gasteiger partial charge in [0, 0.05) is 36.8 Å². The number of thioether (sulfide) groups is 1. The third-order valence-electron chi connectivity index (χ3n) is 8.74. The molecule has 3 fully saturated rings. The molecular weight excluding hydrogens is 658 g/mol. The Morgan fingerprint density at radius 3 is 2.74 bits per heavy atom. The van der Waals surface area contributed by atoms with Gasteiger partial charge in [0.15, 0.2) is 9.84 Å². The molecule has 252 valence electrons. The largest absolute Gasteiger partial charge is 0.495 e. The summed E-state index contributed by atoms with van der Waals surface area (Å²) < 4.78 is 71.2. The van der Waals surface area contributed by atoms with Crippen LogP contribution < -0.4 is 20.7 Å². The van der Waals surface area contributed by atoms with Crippen molar-refractivity contribution in [2.24, 2.45) is 5.92 Å². The minimum Gasteiger partial charge on any atom is -0.495 e. The second-order valence-corrected chi connectivity index (χ2v) is 15.4. The van der Waals surface area contributed by atoms with E-state index >= 15 is 0 Å². The number of alkyl halides is 3. The smallest absolute Gasteiger partial charge is 0.446 e. The molecule has 1 amide bonds. The number of piperidine rings is 1. The Morgan fingerprint density at radius 1 is 1.28 bits per heavy atom. The fourth-order valence-electron chi connectivity index (χ4n) is 6.22. The number of amides is 1. The highest BCUT2D eigenvalue weighted by atomic mass is 32.2. The van der Waals surface area contributed by atoms with Crippen LogP contribution in [-0.2, 0) is 9.84 Å². The van der Waals surface area contributed by atoms with Gasteiger partial charge in [-0.3, -0.25) is 9.69 Å². The molecule has 11 nitrogen and oxygen atoms in total. The maximum atomic E-state index is 13.7. The summed E-state index contributed by atoms with van der Waals surface area (Å²) in [5, 5.41) is 23.2. The van der Waals surface area contributed by atoms with E-state index in [1.54, 1.807) is 37.3 Å². The van der Waals surface area contributed by atoms with Gasteiger partial charge in [0.1, 0.15) is 17.3 Å². The Hall–Kier alpha value is -3.65. The van der Waals surface area contributed by atoms with E-state index < -0.39 is 21.4 Å². The standard InChI is InChI=1S/C31H35F3N6O5S2/c1-19(41)15-36-29(42)20-8-9-23(26(13-20)45-2)35-11-4-5-24-28(46-31(32,33)34)25-6-3-7-27(40(25)38-24)37-30-10-12-39(16-21(30)14-30)22-17-47(43,44)18-22/h3,6-9,13,19,21-22,35,37,41H,10-12,14-18H2,1-2H3,(H,36,42)/t19-,21+,30-/m1/s1. The van der Waals surface area contributed by atoms with Crippen LogP contribution in [0.4, 0.5) is 24.7 Å². The van der Waals surface area contributed by atoms with Crippen LogP contribution >= 0.6 is 11.8 Å². The van der Waals surface area contributed by atoms with Crippen LogP contribution in [0, 0.1) is 17.8 Å². The van der Waals surface area contributed by atoms with Crippen molar-refractivity contribution in [3.8, 4) is 17.6 Å². The molecule has 0 spiro atoms. The molecule has 1 aromatic carbocycles. The number of nitrogens with zero attached hydrogens (tertiary/aromatic N) is 3. The molecule has 1 saturated carbocycles. The first-order chi connectivity index (χ1) is 22.3. The number of rotatable bonds is 10. The number of sulfone groups is 1. The van der Waals surface area contributed by atoms with E-state index in [1.165, 1.54) is 17.7 Å². The molecule has 6 rings (SSSR count). The molecule has 2 aliphatic heterocycles. The zero-order valence-electron chi connectivity index (χ0n) is 25.7. The van der Waals surface area contributed by atoms with E-state index in [4.69, 9.17) is 4.74 Å². The van der Waals surface area contributed by atoms with Crippen molar-refractivity contribution in [2.75, 3.05) is 55.4 Å². The van der Waals surface area contributed by atoms with Crippen LogP contribution in [0.5, 0.6) is 5.75 Å². The summed E-state index contributed by atoms with van der Waals surface area (Å²) in [5.41, 5.74) is -3.63. The Labute approximate surface area is 274 Å². The number of fused-ring (bicyclic) bond motifs is 2. The fraction of sp³-hybridized carbons (Fsp3) is 0.484. The first kappa shape index (κ1) is 33.3. The van der Waals surface area contributed by atoms with E-state index in [9.17, 15) is 31.5 Å². The van der Waals surface area contributed by atoms with Crippen molar-refractivity contribution >= 4 is 44.5 Å². The lowest BCUT2D eigenvalue weighted by Crippen LogP contribution is -2.56. The van der Waals surface area contributed by atoms with Gasteiger partial charge in [-0.2, -0.15) is 18.3 Å². The van der Waals surface area contributed by atoms with Gasteiger partial charge in [-0.25, -0.2) is 12.9 Å². The van der Waals surface area contributed by atoms with Gasteiger partial charge < -0.3 is 25.8 Å². The minimum atomic E-state index is -4.56. The first-order valence-electron chi connectivity index (χ1n) is 15.1. The van der Waals surface area contributed by atoms with Gasteiger partial charge in [0.25, 0.3) is 5.91 Å². The van der Waals surface area contributed by atoms with Crippen molar-refractivity contribution in [3.63, 3.8) is 0 Å². The second kappa shape index (κ2) is 12.8. The lowest BCUT2D eigenvalue weighted by atomic mass is 10.0. The first-order valence-corrected chi connectivity index (χ1v) is 17.8. The van der Waals surface area contributed by atoms with E-state index in [1.807, 2.05) is 0 Å². The van der Waals surface area contributed by atoms with E-state index in [0.717, 1.165) is 25.9 Å². The Balaban J connectivity index is 1.17. The van der Waals surface area contributed by atoms with E-state index in [0.29, 0.717) is 28.7 Å². The van der Waals surface area contributed by atoms with Crippen LogP contribution in [0.3, 0.4) is 0 Å². The molecule has 3 aliphatic rings. The highest BCUT2D eigenvalue weighted by Gasteiger charge is 2.58. The molecule has 3 aromatic rings. The summed E-state index contributed by atoms with van der Waals surface area (Å²) in [4.78, 5) is 14.5. The Bertz CT molecular complexity index is 1840. The number of likely N-dealkylation sites (tertiary alicyclic amines) is 1. The van der Waals surface area contributed by atoms with Crippen molar-refractivity contribution in [2.45, 2.75) is 47.9 Å². The molecule has 2 saturated heterocycles. The molecule has 16 heteroatoms. The third kappa shape index (κ3) is 7.43. The number of ether oxygens (including phenoxy) is 1. The molecule has 1 aliphatic carbocycles. The van der Waals surface area contributed by atoms with E-state index in [2.05, 4.69) is 37.8 Å². The lowest BCUT2D eigenvalue weighted by Gasteiger charge is -2.41. The number of anilines is 2. The number of benzene rings is 1. The van der Waals surface area contributed by atoms with Gasteiger partial charge in [0.05, 0.1) is 47.4 Å². The van der Waals surface area contributed by atoms with Gasteiger partial charge in [-0.15, -0.1) is 0 Å². The van der Waals surface area contributed by atoms with Crippen LogP contribution in [0.2, 0.25) is 0 Å². The highest BCUT2D eigenvalue weighted by molar-refractivity contribution is 8.00. The molecule has 0 radical (unpaired) electrons. The van der Waals surface area contributed by atoms with Crippen molar-refractivity contribution in [1.29, 1.82) is 0 Å². The Morgan fingerprint density at radius 2 is 2.06 bits per heavy atom. The summed E-state index contributed by atoms with van der Waals surface area (Å²) in [7, 11) is -1.47. The summed E-state index contributed by atoms with van der Waals surface area (Å²) in [6, 6.07) is 9.89. The molecule has 4 N–H and O–H groups in total. The zero-order valence-corrected chi connectivity index (χ0v) is 27.4. The topological polar surface area (TPSA) is 137 Å². The summed E-state index contributed by atoms with van der Waals surface area (Å²) in [6.07, 6.45) is 0.994. The van der Waals surface area contributed by atoms with E-state index in [-0.39, 0.29) is 70.0 Å². The van der Waals surface area contributed by atoms with Crippen LogP contribution in [-0.4, -0.2) is 102 Å². The van der Waals surface area contributed by atoms with Gasteiger partial charge in [-0.05, 0) is 73.7 Å². The van der Waals surface area contributed by atoms with Crippen LogP contribution in [0.15, 0.2) is 41.3 Å². The molecule has 3 atom stereocenters. The van der Waals surface area contributed by atoms with Gasteiger partial charge in [0.2, 0.25) is 0 Å². The average Bonchev–Trinajstić information content (AvgIpc) is 3.61. The predicted octanol–water partition coefficient (Wildman–Crippen LogP) is 3.20. The average molecular weight is 693 g/mol. The number of halogens is 3. The summed E-state index contributed by atoms with van der Waals surface area (Å²) in [5.74, 6) is 6.94. The number of carbonyl (C=O) groups excluding carboxylic acids is 1. The number of nitrogens with one attached hydrogen (secondary N) is 3. The molecule has 0 bridgehead atoms. The van der Waals surface area contributed by atoms with Crippen molar-refractivity contribution < 1.29 is 36.2 Å². The number of aliphatic hydroxyl groups is 1. The zero-order chi connectivity index (χ0) is 33.6. The molecule has 2 aromatic heterocycles. The number of methoxy groups -OCH3 is 1. The predicted molar refractivity (Wildman–Crippen MR) is 173 cm³/mol. The molecule has 0 unspecified atom stereocenters. The molecule has 47 heavy (non-hydrogen) atoms. The summed E-state index contributed by atoms with van der Waals surface area (Å²) >= 11 is -0.253. The third-order valence-corrected chi connectivity index (χ3v) is 11.4. The number of pyridine rings is 1.